The number of aliphatic hydroxyl groups is 7. The Hall–Kier alpha value is -0.360. The van der Waals surface area contributed by atoms with Gasteiger partial charge in [-0.1, -0.05) is 34.6 Å². The molecule has 44 heavy (non-hydrogen) atoms. The highest BCUT2D eigenvalue weighted by Gasteiger charge is 2.84. The molecule has 254 valence electrons. The van der Waals surface area contributed by atoms with E-state index in [0.29, 0.717) is 12.8 Å². The first-order valence-corrected chi connectivity index (χ1v) is 17.3. The molecule has 1 aliphatic heterocycles. The average Bonchev–Trinajstić information content (AvgIpc) is 3.53. The van der Waals surface area contributed by atoms with Gasteiger partial charge in [0.1, 0.15) is 18.3 Å². The van der Waals surface area contributed by atoms with Gasteiger partial charge in [-0.25, -0.2) is 0 Å². The molecule has 0 radical (unpaired) electrons. The van der Waals surface area contributed by atoms with Gasteiger partial charge < -0.3 is 45.2 Å². The Labute approximate surface area is 263 Å². The lowest BCUT2D eigenvalue weighted by molar-refractivity contribution is -0.309. The molecule has 6 rings (SSSR count). The van der Waals surface area contributed by atoms with Gasteiger partial charge in [0, 0.05) is 0 Å². The number of rotatable bonds is 7. The molecule has 2 spiro atoms. The second-order valence-electron chi connectivity index (χ2n) is 17.9. The fourth-order valence-electron chi connectivity index (χ4n) is 12.6. The van der Waals surface area contributed by atoms with Crippen LogP contribution in [0.1, 0.15) is 106 Å². The monoisotopic (exact) mass is 624 g/mol. The van der Waals surface area contributed by atoms with Crippen LogP contribution in [0, 0.1) is 50.7 Å². The van der Waals surface area contributed by atoms with E-state index in [1.165, 1.54) is 0 Å². The largest absolute Gasteiger partial charge is 0.393 e. The summed E-state index contributed by atoms with van der Waals surface area (Å²) in [6.07, 6.45) is 0.458. The predicted octanol–water partition coefficient (Wildman–Crippen LogP) is 2.74. The first-order chi connectivity index (χ1) is 20.3. The minimum atomic E-state index is -1.37. The summed E-state index contributed by atoms with van der Waals surface area (Å²) in [6.45, 7) is 14.4. The van der Waals surface area contributed by atoms with Crippen molar-refractivity contribution >= 4 is 0 Å². The minimum Gasteiger partial charge on any atom is -0.393 e. The molecule has 9 nitrogen and oxygen atoms in total. The van der Waals surface area contributed by atoms with Crippen molar-refractivity contribution in [2.75, 3.05) is 6.61 Å². The molecule has 7 N–H and O–H groups in total. The SMILES string of the molecule is C[C@H](CC[C@H](O)C(C)(C)O)[C@H]1[C@@H](O)C[C@@]2(C)[C@@H]3C[C@H](O[C@@H]4OC[C@@H](O)[C@H](O)[C@H]4O)[C@H]4C(C)(C)[C@@H](O)CC[C@@]45C[C@@]35CC[C@]12C. The van der Waals surface area contributed by atoms with Crippen molar-refractivity contribution in [2.45, 2.75) is 161 Å². The van der Waals surface area contributed by atoms with Crippen molar-refractivity contribution in [3.8, 4) is 0 Å². The molecule has 0 aromatic carbocycles. The van der Waals surface area contributed by atoms with E-state index in [4.69, 9.17) is 9.47 Å². The molecule has 0 bridgehead atoms. The van der Waals surface area contributed by atoms with Gasteiger partial charge in [0.05, 0.1) is 36.6 Å². The highest BCUT2D eigenvalue weighted by Crippen LogP contribution is 2.89. The van der Waals surface area contributed by atoms with Crippen LogP contribution in [-0.2, 0) is 9.47 Å². The van der Waals surface area contributed by atoms with E-state index in [1.807, 2.05) is 0 Å². The van der Waals surface area contributed by atoms with Gasteiger partial charge in [-0.2, -0.15) is 0 Å². The lowest BCUT2D eigenvalue weighted by atomic mass is 9.41. The molecule has 5 aliphatic carbocycles. The minimum absolute atomic E-state index is 0.00310. The second kappa shape index (κ2) is 10.6. The Morgan fingerprint density at radius 3 is 2.23 bits per heavy atom. The van der Waals surface area contributed by atoms with Crippen LogP contribution in [0.2, 0.25) is 0 Å². The van der Waals surface area contributed by atoms with Crippen molar-refractivity contribution < 1.29 is 45.2 Å². The molecule has 9 heteroatoms. The van der Waals surface area contributed by atoms with Gasteiger partial charge in [0.25, 0.3) is 0 Å². The van der Waals surface area contributed by atoms with Crippen molar-refractivity contribution in [3.05, 3.63) is 0 Å². The normalized spacial score (nSPS) is 54.4. The first-order valence-electron chi connectivity index (χ1n) is 17.3. The maximum Gasteiger partial charge on any atom is 0.186 e. The second-order valence-corrected chi connectivity index (χ2v) is 17.9. The van der Waals surface area contributed by atoms with Crippen LogP contribution in [0.4, 0.5) is 0 Å². The lowest BCUT2D eigenvalue weighted by Crippen LogP contribution is -2.63. The topological polar surface area (TPSA) is 160 Å². The Morgan fingerprint density at radius 1 is 0.886 bits per heavy atom. The van der Waals surface area contributed by atoms with E-state index in [1.54, 1.807) is 13.8 Å². The Kier molecular flexibility index (Phi) is 8.06. The molecule has 1 heterocycles. The van der Waals surface area contributed by atoms with Crippen molar-refractivity contribution in [3.63, 3.8) is 0 Å². The third kappa shape index (κ3) is 4.50. The summed E-state index contributed by atoms with van der Waals surface area (Å²) in [5.41, 5.74) is -1.77. The van der Waals surface area contributed by atoms with E-state index >= 15 is 0 Å². The van der Waals surface area contributed by atoms with Crippen LogP contribution in [0.3, 0.4) is 0 Å². The van der Waals surface area contributed by atoms with Gasteiger partial charge in [-0.3, -0.25) is 0 Å². The maximum absolute atomic E-state index is 11.8. The van der Waals surface area contributed by atoms with Crippen LogP contribution in [0.5, 0.6) is 0 Å². The van der Waals surface area contributed by atoms with Gasteiger partial charge in [-0.15, -0.1) is 0 Å². The molecular formula is C35H60O9. The molecule has 6 fully saturated rings. The zero-order valence-electron chi connectivity index (χ0n) is 27.9. The molecule has 6 aliphatic rings. The molecule has 5 saturated carbocycles. The first kappa shape index (κ1) is 33.5. The van der Waals surface area contributed by atoms with E-state index in [9.17, 15) is 35.7 Å². The van der Waals surface area contributed by atoms with E-state index in [0.717, 1.165) is 44.9 Å². The van der Waals surface area contributed by atoms with Crippen molar-refractivity contribution in [1.29, 1.82) is 0 Å². The summed E-state index contributed by atoms with van der Waals surface area (Å²) in [5.74, 6) is 0.551. The van der Waals surface area contributed by atoms with Gasteiger partial charge in [0.2, 0.25) is 0 Å². The summed E-state index contributed by atoms with van der Waals surface area (Å²) in [5, 5.41) is 75.4. The smallest absolute Gasteiger partial charge is 0.186 e. The van der Waals surface area contributed by atoms with Crippen LogP contribution < -0.4 is 0 Å². The molecular weight excluding hydrogens is 564 g/mol. The van der Waals surface area contributed by atoms with Crippen LogP contribution >= 0.6 is 0 Å². The maximum atomic E-state index is 11.8. The zero-order valence-corrected chi connectivity index (χ0v) is 27.9. The molecule has 16 atom stereocenters. The Balaban J connectivity index is 1.32. The summed E-state index contributed by atoms with van der Waals surface area (Å²) in [7, 11) is 0. The predicted molar refractivity (Wildman–Crippen MR) is 163 cm³/mol. The van der Waals surface area contributed by atoms with Crippen molar-refractivity contribution in [1.82, 2.24) is 0 Å². The Bertz CT molecular complexity index is 1090. The van der Waals surface area contributed by atoms with Gasteiger partial charge in [0.15, 0.2) is 6.29 Å². The van der Waals surface area contributed by atoms with Gasteiger partial charge >= 0.3 is 0 Å². The summed E-state index contributed by atoms with van der Waals surface area (Å²) in [4.78, 5) is 0. The number of hydrogen-bond donors (Lipinski definition) is 7. The Morgan fingerprint density at radius 2 is 1.57 bits per heavy atom. The van der Waals surface area contributed by atoms with E-state index in [2.05, 4.69) is 34.6 Å². The van der Waals surface area contributed by atoms with Crippen molar-refractivity contribution in [2.24, 2.45) is 50.7 Å². The number of ether oxygens (including phenoxy) is 2. The summed E-state index contributed by atoms with van der Waals surface area (Å²) >= 11 is 0. The number of aliphatic hydroxyl groups excluding tert-OH is 6. The fraction of sp³-hybridized carbons (Fsp3) is 1.00. The molecule has 0 aromatic heterocycles. The third-order valence-corrected chi connectivity index (χ3v) is 15.2. The van der Waals surface area contributed by atoms with E-state index < -0.39 is 53.9 Å². The van der Waals surface area contributed by atoms with Crippen LogP contribution in [-0.4, -0.2) is 97.0 Å². The number of hydrogen-bond acceptors (Lipinski definition) is 9. The molecule has 0 aromatic rings. The number of fused-ring (bicyclic) bond motifs is 2. The van der Waals surface area contributed by atoms with Crippen LogP contribution in [0.15, 0.2) is 0 Å². The molecule has 0 amide bonds. The third-order valence-electron chi connectivity index (χ3n) is 15.2. The zero-order chi connectivity index (χ0) is 32.4. The lowest BCUT2D eigenvalue weighted by Gasteiger charge is -2.64. The standard InChI is InChI=1S/C35H60O9/c1-18(8-9-24(39)31(4,5)42)25-19(36)15-33(7)22-14-21(44-29-27(41)26(40)20(37)16-43-29)28-30(2,3)23(38)10-11-35(28)17-34(22,35)13-12-32(25,33)6/h18-29,36-42H,8-17H2,1-7H3/t18-,19+,20-,21+,22+,23+,24+,25+,26+,27-,28+,29+,32-,33+,34+,35-/m1/s1. The highest BCUT2D eigenvalue weighted by molar-refractivity contribution is 5.32. The highest BCUT2D eigenvalue weighted by atomic mass is 16.7. The fourth-order valence-corrected chi connectivity index (χ4v) is 12.6. The quantitative estimate of drug-likeness (QED) is 0.211. The molecule has 0 unspecified atom stereocenters. The summed E-state index contributed by atoms with van der Waals surface area (Å²) in [6, 6.07) is 0. The average molecular weight is 625 g/mol. The van der Waals surface area contributed by atoms with E-state index in [-0.39, 0.29) is 58.0 Å². The molecule has 1 saturated heterocycles. The van der Waals surface area contributed by atoms with Gasteiger partial charge in [-0.05, 0) is 122 Å². The van der Waals surface area contributed by atoms with Crippen LogP contribution in [0.25, 0.3) is 0 Å². The summed E-state index contributed by atoms with van der Waals surface area (Å²) < 4.78 is 12.5.